The van der Waals surface area contributed by atoms with Crippen LogP contribution in [0, 0.1) is 0 Å². The normalized spacial score (nSPS) is 14.4. The van der Waals surface area contributed by atoms with Crippen molar-refractivity contribution in [3.63, 3.8) is 0 Å². The van der Waals surface area contributed by atoms with E-state index in [1.807, 2.05) is 0 Å². The average molecular weight is 276 g/mol. The van der Waals surface area contributed by atoms with Crippen molar-refractivity contribution < 1.29 is 19.1 Å². The summed E-state index contributed by atoms with van der Waals surface area (Å²) < 4.78 is 4.57. The Morgan fingerprint density at radius 3 is 2.42 bits per heavy atom. The molecule has 0 atom stereocenters. The standard InChI is InChI=1S/C14H12O4S/c1-9-12(16)10-4-2-3-5-11(10)13(17)14(9)19-7-6-18-8-15/h2-5,8H,6-7H2,1H3. The van der Waals surface area contributed by atoms with Gasteiger partial charge in [-0.1, -0.05) is 24.3 Å². The number of ether oxygens (including phenoxy) is 1. The first-order valence-corrected chi connectivity index (χ1v) is 6.72. The smallest absolute Gasteiger partial charge is 0.293 e. The largest absolute Gasteiger partial charge is 0.467 e. The molecule has 0 amide bonds. The first-order valence-electron chi connectivity index (χ1n) is 5.74. The van der Waals surface area contributed by atoms with E-state index < -0.39 is 0 Å². The van der Waals surface area contributed by atoms with Gasteiger partial charge in [-0.05, 0) is 6.92 Å². The van der Waals surface area contributed by atoms with E-state index in [4.69, 9.17) is 0 Å². The maximum atomic E-state index is 12.3. The number of ketones is 2. The Morgan fingerprint density at radius 2 is 1.79 bits per heavy atom. The summed E-state index contributed by atoms with van der Waals surface area (Å²) in [5.41, 5.74) is 1.36. The molecule has 1 aromatic carbocycles. The first kappa shape index (κ1) is 13.5. The van der Waals surface area contributed by atoms with Crippen LogP contribution in [0.4, 0.5) is 0 Å². The fourth-order valence-corrected chi connectivity index (χ4v) is 2.82. The zero-order valence-corrected chi connectivity index (χ0v) is 11.2. The molecular formula is C14H12O4S. The van der Waals surface area contributed by atoms with Crippen molar-refractivity contribution in [3.05, 3.63) is 45.9 Å². The van der Waals surface area contributed by atoms with Gasteiger partial charge in [0.2, 0.25) is 0 Å². The molecule has 0 unspecified atom stereocenters. The van der Waals surface area contributed by atoms with Gasteiger partial charge in [0, 0.05) is 22.5 Å². The van der Waals surface area contributed by atoms with Gasteiger partial charge in [0.1, 0.15) is 6.61 Å². The number of carbonyl (C=O) groups is 3. The van der Waals surface area contributed by atoms with E-state index in [0.717, 1.165) is 0 Å². The molecule has 98 valence electrons. The highest BCUT2D eigenvalue weighted by Crippen LogP contribution is 2.32. The molecule has 0 N–H and O–H groups in total. The van der Waals surface area contributed by atoms with E-state index in [-0.39, 0.29) is 18.2 Å². The topological polar surface area (TPSA) is 60.4 Å². The summed E-state index contributed by atoms with van der Waals surface area (Å²) in [6.45, 7) is 2.23. The molecule has 2 rings (SSSR count). The third kappa shape index (κ3) is 2.61. The lowest BCUT2D eigenvalue weighted by Crippen LogP contribution is -2.19. The van der Waals surface area contributed by atoms with E-state index >= 15 is 0 Å². The van der Waals surface area contributed by atoms with Gasteiger partial charge in [0.25, 0.3) is 6.47 Å². The molecule has 0 fully saturated rings. The Kier molecular flexibility index (Phi) is 4.16. The van der Waals surface area contributed by atoms with Crippen LogP contribution in [0.1, 0.15) is 27.6 Å². The monoisotopic (exact) mass is 276 g/mol. The predicted molar refractivity (Wildman–Crippen MR) is 72.3 cm³/mol. The number of carbonyl (C=O) groups excluding carboxylic acids is 3. The molecule has 5 heteroatoms. The third-order valence-corrected chi connectivity index (χ3v) is 3.97. The summed E-state index contributed by atoms with van der Waals surface area (Å²) in [6, 6.07) is 6.80. The van der Waals surface area contributed by atoms with Crippen molar-refractivity contribution >= 4 is 29.8 Å². The molecule has 0 radical (unpaired) electrons. The number of thioether (sulfide) groups is 1. The molecule has 1 aliphatic carbocycles. The Labute approximate surface area is 114 Å². The van der Waals surface area contributed by atoms with Crippen LogP contribution in [0.2, 0.25) is 0 Å². The van der Waals surface area contributed by atoms with Crippen molar-refractivity contribution in [2.75, 3.05) is 12.4 Å². The number of fused-ring (bicyclic) bond motifs is 1. The van der Waals surface area contributed by atoms with Gasteiger partial charge >= 0.3 is 0 Å². The first-order chi connectivity index (χ1) is 9.16. The van der Waals surface area contributed by atoms with Crippen molar-refractivity contribution in [2.45, 2.75) is 6.92 Å². The highest BCUT2D eigenvalue weighted by Gasteiger charge is 2.29. The number of benzene rings is 1. The third-order valence-electron chi connectivity index (χ3n) is 2.82. The molecule has 1 aliphatic rings. The van der Waals surface area contributed by atoms with E-state index in [0.29, 0.717) is 33.8 Å². The van der Waals surface area contributed by atoms with Crippen molar-refractivity contribution in [2.24, 2.45) is 0 Å². The van der Waals surface area contributed by atoms with Crippen LogP contribution in [0.5, 0.6) is 0 Å². The fourth-order valence-electron chi connectivity index (χ4n) is 1.89. The minimum atomic E-state index is -0.135. The lowest BCUT2D eigenvalue weighted by molar-refractivity contribution is -0.128. The molecule has 0 heterocycles. The lowest BCUT2D eigenvalue weighted by atomic mass is 9.90. The lowest BCUT2D eigenvalue weighted by Gasteiger charge is -2.18. The highest BCUT2D eigenvalue weighted by atomic mass is 32.2. The summed E-state index contributed by atoms with van der Waals surface area (Å²) in [5, 5.41) is 0. The zero-order chi connectivity index (χ0) is 13.8. The molecule has 0 spiro atoms. The SMILES string of the molecule is CC1=C(SCCOC=O)C(=O)c2ccccc2C1=O. The Morgan fingerprint density at radius 1 is 1.16 bits per heavy atom. The molecule has 4 nitrogen and oxygen atoms in total. The number of hydrogen-bond acceptors (Lipinski definition) is 5. The predicted octanol–water partition coefficient (Wildman–Crippen LogP) is 2.25. The summed E-state index contributed by atoms with van der Waals surface area (Å²) in [6.07, 6.45) is 0. The number of Topliss-reactive ketones (excluding diaryl/α,β-unsaturated/α-hetero) is 2. The van der Waals surface area contributed by atoms with Crippen LogP contribution < -0.4 is 0 Å². The summed E-state index contributed by atoms with van der Waals surface area (Å²) in [5.74, 6) is 0.199. The number of hydrogen-bond donors (Lipinski definition) is 0. The minimum absolute atomic E-state index is 0.117. The Hall–Kier alpha value is -1.88. The van der Waals surface area contributed by atoms with Gasteiger partial charge in [0.05, 0.1) is 4.91 Å². The van der Waals surface area contributed by atoms with Crippen LogP contribution in [0.25, 0.3) is 0 Å². The Balaban J connectivity index is 2.24. The molecule has 0 aromatic heterocycles. The van der Waals surface area contributed by atoms with Crippen molar-refractivity contribution in [1.29, 1.82) is 0 Å². The van der Waals surface area contributed by atoms with E-state index in [1.165, 1.54) is 11.8 Å². The van der Waals surface area contributed by atoms with E-state index in [2.05, 4.69) is 4.74 Å². The van der Waals surface area contributed by atoms with Gasteiger partial charge in [-0.3, -0.25) is 14.4 Å². The second-order valence-corrected chi connectivity index (χ2v) is 5.08. The van der Waals surface area contributed by atoms with Crippen molar-refractivity contribution in [1.82, 2.24) is 0 Å². The van der Waals surface area contributed by atoms with Crippen LogP contribution in [-0.2, 0) is 9.53 Å². The maximum Gasteiger partial charge on any atom is 0.293 e. The molecule has 0 saturated carbocycles. The van der Waals surface area contributed by atoms with Gasteiger partial charge < -0.3 is 4.74 Å². The highest BCUT2D eigenvalue weighted by molar-refractivity contribution is 8.04. The molecule has 0 saturated heterocycles. The molecule has 1 aromatic rings. The molecule has 0 bridgehead atoms. The van der Waals surface area contributed by atoms with Gasteiger partial charge in [-0.15, -0.1) is 11.8 Å². The minimum Gasteiger partial charge on any atom is -0.467 e. The second kappa shape index (κ2) is 5.84. The Bertz CT molecular complexity index is 575. The van der Waals surface area contributed by atoms with E-state index in [9.17, 15) is 14.4 Å². The molecule has 19 heavy (non-hydrogen) atoms. The van der Waals surface area contributed by atoms with Crippen LogP contribution in [-0.4, -0.2) is 30.4 Å². The summed E-state index contributed by atoms with van der Waals surface area (Å²) >= 11 is 1.25. The van der Waals surface area contributed by atoms with Crippen molar-refractivity contribution in [3.8, 4) is 0 Å². The van der Waals surface area contributed by atoms with Crippen LogP contribution in [0.3, 0.4) is 0 Å². The average Bonchev–Trinajstić information content (AvgIpc) is 2.44. The number of rotatable bonds is 5. The van der Waals surface area contributed by atoms with Gasteiger partial charge in [-0.2, -0.15) is 0 Å². The maximum absolute atomic E-state index is 12.3. The van der Waals surface area contributed by atoms with Crippen LogP contribution in [0.15, 0.2) is 34.7 Å². The summed E-state index contributed by atoms with van der Waals surface area (Å²) in [7, 11) is 0. The molecular weight excluding hydrogens is 264 g/mol. The van der Waals surface area contributed by atoms with Gasteiger partial charge in [-0.25, -0.2) is 0 Å². The number of allylic oxidation sites excluding steroid dienone is 2. The zero-order valence-electron chi connectivity index (χ0n) is 10.3. The summed E-state index contributed by atoms with van der Waals surface area (Å²) in [4.78, 5) is 34.9. The van der Waals surface area contributed by atoms with Crippen LogP contribution >= 0.6 is 11.8 Å². The quantitative estimate of drug-likeness (QED) is 0.609. The second-order valence-electron chi connectivity index (χ2n) is 3.97. The van der Waals surface area contributed by atoms with E-state index in [1.54, 1.807) is 31.2 Å². The fraction of sp³-hybridized carbons (Fsp3) is 0.214. The molecule has 0 aliphatic heterocycles. The van der Waals surface area contributed by atoms with Gasteiger partial charge in [0.15, 0.2) is 11.6 Å².